The average molecular weight is 278 g/mol. The monoisotopic (exact) mass is 278 g/mol. The molecule has 1 N–H and O–H groups in total. The second-order valence-electron chi connectivity index (χ2n) is 4.09. The Hall–Kier alpha value is -2.21. The van der Waals surface area contributed by atoms with Crippen LogP contribution in [-0.2, 0) is 13.1 Å². The molecule has 2 aromatic rings. The third kappa shape index (κ3) is 3.21. The van der Waals surface area contributed by atoms with Gasteiger partial charge in [-0.3, -0.25) is 0 Å². The van der Waals surface area contributed by atoms with Crippen molar-refractivity contribution in [1.29, 1.82) is 0 Å². The Bertz CT molecular complexity index is 515. The summed E-state index contributed by atoms with van der Waals surface area (Å²) in [5, 5.41) is 3.27. The zero-order valence-corrected chi connectivity index (χ0v) is 11.8. The molecule has 6 nitrogen and oxygen atoms in total. The zero-order chi connectivity index (χ0) is 14.4. The van der Waals surface area contributed by atoms with Gasteiger partial charge in [0.25, 0.3) is 0 Å². The summed E-state index contributed by atoms with van der Waals surface area (Å²) in [6.07, 6.45) is 3.01. The molecule has 108 valence electrons. The highest BCUT2D eigenvalue weighted by Gasteiger charge is 2.13. The molecule has 0 bridgehead atoms. The standard InChI is InChI=1S/C14H18N2O4/c1-17-11-4-13(18-2)12(14(5-11)19-3)7-15-6-10-8-20-9-16-10/h4-5,8-9,15H,6-7H2,1-3H3. The Labute approximate surface area is 117 Å². The van der Waals surface area contributed by atoms with Gasteiger partial charge in [0.15, 0.2) is 6.39 Å². The number of oxazole rings is 1. The maximum absolute atomic E-state index is 5.38. The predicted octanol–water partition coefficient (Wildman–Crippen LogP) is 1.99. The number of rotatable bonds is 7. The lowest BCUT2D eigenvalue weighted by Crippen LogP contribution is -2.14. The number of methoxy groups -OCH3 is 3. The minimum Gasteiger partial charge on any atom is -0.496 e. The molecule has 1 aromatic heterocycles. The van der Waals surface area contributed by atoms with Crippen LogP contribution in [0.4, 0.5) is 0 Å². The fourth-order valence-electron chi connectivity index (χ4n) is 1.89. The van der Waals surface area contributed by atoms with Gasteiger partial charge < -0.3 is 23.9 Å². The molecule has 0 saturated carbocycles. The highest BCUT2D eigenvalue weighted by Crippen LogP contribution is 2.33. The van der Waals surface area contributed by atoms with E-state index in [4.69, 9.17) is 18.6 Å². The summed E-state index contributed by atoms with van der Waals surface area (Å²) in [5.41, 5.74) is 1.77. The van der Waals surface area contributed by atoms with Gasteiger partial charge in [0.05, 0.1) is 32.6 Å². The third-order valence-electron chi connectivity index (χ3n) is 2.91. The van der Waals surface area contributed by atoms with Crippen LogP contribution in [-0.4, -0.2) is 26.3 Å². The van der Waals surface area contributed by atoms with Crippen molar-refractivity contribution in [3.8, 4) is 17.2 Å². The number of aromatic nitrogens is 1. The number of hydrogen-bond donors (Lipinski definition) is 1. The van der Waals surface area contributed by atoms with Crippen molar-refractivity contribution in [2.75, 3.05) is 21.3 Å². The van der Waals surface area contributed by atoms with Crippen LogP contribution in [0.25, 0.3) is 0 Å². The van der Waals surface area contributed by atoms with Gasteiger partial charge in [-0.25, -0.2) is 4.98 Å². The molecule has 6 heteroatoms. The topological polar surface area (TPSA) is 65.8 Å². The fourth-order valence-corrected chi connectivity index (χ4v) is 1.89. The lowest BCUT2D eigenvalue weighted by Gasteiger charge is -2.15. The van der Waals surface area contributed by atoms with Crippen LogP contribution in [0.1, 0.15) is 11.3 Å². The molecule has 0 atom stereocenters. The summed E-state index contributed by atoms with van der Waals surface area (Å²) in [7, 11) is 4.85. The third-order valence-corrected chi connectivity index (χ3v) is 2.91. The van der Waals surface area contributed by atoms with Crippen LogP contribution in [0.3, 0.4) is 0 Å². The maximum Gasteiger partial charge on any atom is 0.180 e. The first kappa shape index (κ1) is 14.2. The first-order valence-corrected chi connectivity index (χ1v) is 6.15. The molecule has 0 aliphatic heterocycles. The molecule has 0 aliphatic carbocycles. The number of ether oxygens (including phenoxy) is 3. The molecule has 1 heterocycles. The molecule has 0 amide bonds. The summed E-state index contributed by atoms with van der Waals surface area (Å²) in [6.45, 7) is 1.19. The molecular formula is C14H18N2O4. The van der Waals surface area contributed by atoms with Crippen LogP contribution in [0.5, 0.6) is 17.2 Å². The van der Waals surface area contributed by atoms with Gasteiger partial charge in [-0.05, 0) is 0 Å². The summed E-state index contributed by atoms with van der Waals surface area (Å²) < 4.78 is 20.9. The van der Waals surface area contributed by atoms with Crippen molar-refractivity contribution in [3.63, 3.8) is 0 Å². The molecule has 0 saturated heterocycles. The summed E-state index contributed by atoms with van der Waals surface area (Å²) >= 11 is 0. The zero-order valence-electron chi connectivity index (χ0n) is 11.8. The van der Waals surface area contributed by atoms with Gasteiger partial charge in [0.2, 0.25) is 0 Å². The van der Waals surface area contributed by atoms with Gasteiger partial charge in [-0.2, -0.15) is 0 Å². The van der Waals surface area contributed by atoms with Crippen molar-refractivity contribution in [2.24, 2.45) is 0 Å². The van der Waals surface area contributed by atoms with Gasteiger partial charge in [0.1, 0.15) is 23.5 Å². The van der Waals surface area contributed by atoms with E-state index in [1.807, 2.05) is 12.1 Å². The smallest absolute Gasteiger partial charge is 0.180 e. The van der Waals surface area contributed by atoms with Gasteiger partial charge in [0, 0.05) is 25.2 Å². The highest BCUT2D eigenvalue weighted by molar-refractivity contribution is 5.50. The van der Waals surface area contributed by atoms with Gasteiger partial charge >= 0.3 is 0 Å². The van der Waals surface area contributed by atoms with E-state index in [9.17, 15) is 0 Å². The number of benzene rings is 1. The quantitative estimate of drug-likeness (QED) is 0.835. The molecule has 1 aromatic carbocycles. The lowest BCUT2D eigenvalue weighted by atomic mass is 10.1. The van der Waals surface area contributed by atoms with Crippen molar-refractivity contribution < 1.29 is 18.6 Å². The Morgan fingerprint density at radius 1 is 1.05 bits per heavy atom. The van der Waals surface area contributed by atoms with Crippen LogP contribution < -0.4 is 19.5 Å². The van der Waals surface area contributed by atoms with E-state index in [-0.39, 0.29) is 0 Å². The second kappa shape index (κ2) is 6.81. The Kier molecular flexibility index (Phi) is 4.84. The maximum atomic E-state index is 5.38. The first-order chi connectivity index (χ1) is 9.78. The summed E-state index contributed by atoms with van der Waals surface area (Å²) in [4.78, 5) is 4.05. The molecule has 0 radical (unpaired) electrons. The summed E-state index contributed by atoms with van der Waals surface area (Å²) in [5.74, 6) is 2.13. The van der Waals surface area contributed by atoms with E-state index in [0.29, 0.717) is 30.3 Å². The van der Waals surface area contributed by atoms with Crippen molar-refractivity contribution >= 4 is 0 Å². The Morgan fingerprint density at radius 3 is 2.25 bits per heavy atom. The van der Waals surface area contributed by atoms with Gasteiger partial charge in [-0.1, -0.05) is 0 Å². The van der Waals surface area contributed by atoms with E-state index in [2.05, 4.69) is 10.3 Å². The molecular weight excluding hydrogens is 260 g/mol. The van der Waals surface area contributed by atoms with Crippen molar-refractivity contribution in [1.82, 2.24) is 10.3 Å². The molecule has 20 heavy (non-hydrogen) atoms. The van der Waals surface area contributed by atoms with Crippen molar-refractivity contribution in [3.05, 3.63) is 36.0 Å². The van der Waals surface area contributed by atoms with Crippen molar-refractivity contribution in [2.45, 2.75) is 13.1 Å². The lowest BCUT2D eigenvalue weighted by molar-refractivity contribution is 0.366. The van der Waals surface area contributed by atoms with Gasteiger partial charge in [-0.15, -0.1) is 0 Å². The second-order valence-corrected chi connectivity index (χ2v) is 4.09. The van der Waals surface area contributed by atoms with Crippen LogP contribution >= 0.6 is 0 Å². The SMILES string of the molecule is COc1cc(OC)c(CNCc2cocn2)c(OC)c1. The molecule has 2 rings (SSSR count). The minimum atomic E-state index is 0.587. The van der Waals surface area contributed by atoms with Crippen LogP contribution in [0, 0.1) is 0 Å². The van der Waals surface area contributed by atoms with Crippen LogP contribution in [0.2, 0.25) is 0 Å². The molecule has 0 unspecified atom stereocenters. The fraction of sp³-hybridized carbons (Fsp3) is 0.357. The minimum absolute atomic E-state index is 0.587. The van der Waals surface area contributed by atoms with Crippen LogP contribution in [0.15, 0.2) is 29.2 Å². The van der Waals surface area contributed by atoms with E-state index < -0.39 is 0 Å². The molecule has 0 aliphatic rings. The normalized spacial score (nSPS) is 10.3. The molecule has 0 fully saturated rings. The molecule has 0 spiro atoms. The predicted molar refractivity (Wildman–Crippen MR) is 73.1 cm³/mol. The van der Waals surface area contributed by atoms with E-state index in [1.54, 1.807) is 27.6 Å². The van der Waals surface area contributed by atoms with E-state index in [0.717, 1.165) is 11.3 Å². The van der Waals surface area contributed by atoms with E-state index >= 15 is 0 Å². The Morgan fingerprint density at radius 2 is 1.75 bits per heavy atom. The largest absolute Gasteiger partial charge is 0.496 e. The highest BCUT2D eigenvalue weighted by atomic mass is 16.5. The Balaban J connectivity index is 2.12. The average Bonchev–Trinajstić information content (AvgIpc) is 3.00. The number of nitrogens with zero attached hydrogens (tertiary/aromatic N) is 1. The first-order valence-electron chi connectivity index (χ1n) is 6.15. The summed E-state index contributed by atoms with van der Waals surface area (Å²) in [6, 6.07) is 3.66. The number of nitrogens with one attached hydrogen (secondary N) is 1. The van der Waals surface area contributed by atoms with E-state index in [1.165, 1.54) is 6.39 Å². The number of hydrogen-bond acceptors (Lipinski definition) is 6.